The first-order valence-corrected chi connectivity index (χ1v) is 4.90. The highest BCUT2D eigenvalue weighted by molar-refractivity contribution is 5.87. The van der Waals surface area contributed by atoms with E-state index in [2.05, 4.69) is 0 Å². The maximum absolute atomic E-state index is 13.2. The number of halogens is 2. The lowest BCUT2D eigenvalue weighted by atomic mass is 9.92. The number of likely N-dealkylation sites (tertiary alicyclic amines) is 1. The molecule has 3 nitrogen and oxygen atoms in total. The Morgan fingerprint density at radius 1 is 1.33 bits per heavy atom. The Labute approximate surface area is 87.4 Å². The van der Waals surface area contributed by atoms with E-state index >= 15 is 0 Å². The van der Waals surface area contributed by atoms with Gasteiger partial charge in [0, 0.05) is 13.5 Å². The van der Waals surface area contributed by atoms with Gasteiger partial charge in [-0.05, 0) is 20.3 Å². The molecule has 0 N–H and O–H groups in total. The molecule has 5 heteroatoms. The zero-order valence-electron chi connectivity index (χ0n) is 9.09. The van der Waals surface area contributed by atoms with Crippen molar-refractivity contribution < 1.29 is 18.4 Å². The summed E-state index contributed by atoms with van der Waals surface area (Å²) in [6.45, 7) is 3.60. The van der Waals surface area contributed by atoms with Crippen LogP contribution in [0, 0.1) is 5.92 Å². The summed E-state index contributed by atoms with van der Waals surface area (Å²) in [4.78, 5) is 23.7. The third-order valence-electron chi connectivity index (χ3n) is 2.87. The van der Waals surface area contributed by atoms with Crippen molar-refractivity contribution in [2.45, 2.75) is 39.2 Å². The van der Waals surface area contributed by atoms with E-state index < -0.39 is 17.9 Å². The number of amides is 1. The number of hydrogen-bond donors (Lipinski definition) is 0. The maximum Gasteiger partial charge on any atom is 0.250 e. The molecule has 0 aromatic carbocycles. The number of rotatable bonds is 2. The van der Waals surface area contributed by atoms with Crippen LogP contribution in [0.1, 0.15) is 27.2 Å². The van der Waals surface area contributed by atoms with E-state index in [1.807, 2.05) is 0 Å². The molecule has 0 bridgehead atoms. The predicted molar refractivity (Wildman–Crippen MR) is 50.6 cm³/mol. The van der Waals surface area contributed by atoms with Crippen LogP contribution in [0.5, 0.6) is 0 Å². The van der Waals surface area contributed by atoms with Crippen LogP contribution in [0.2, 0.25) is 0 Å². The monoisotopic (exact) mass is 219 g/mol. The third-order valence-corrected chi connectivity index (χ3v) is 2.87. The van der Waals surface area contributed by atoms with Crippen LogP contribution >= 0.6 is 0 Å². The van der Waals surface area contributed by atoms with Gasteiger partial charge < -0.3 is 4.90 Å². The summed E-state index contributed by atoms with van der Waals surface area (Å²) < 4.78 is 26.4. The summed E-state index contributed by atoms with van der Waals surface area (Å²) in [5.41, 5.74) is 0. The normalized spacial score (nSPS) is 26.9. The molecule has 0 aromatic rings. The number of Topliss-reactive ketones (excluding diaryl/α,β-unsaturated/α-hetero) is 1. The van der Waals surface area contributed by atoms with Crippen LogP contribution in [0.3, 0.4) is 0 Å². The minimum Gasteiger partial charge on any atom is -0.332 e. The van der Waals surface area contributed by atoms with Gasteiger partial charge in [0.25, 0.3) is 5.92 Å². The van der Waals surface area contributed by atoms with Crippen LogP contribution in [-0.4, -0.2) is 35.1 Å². The topological polar surface area (TPSA) is 37.4 Å². The molecule has 0 radical (unpaired) electrons. The molecular formula is C10H15F2NO2. The molecule has 1 aliphatic heterocycles. The first kappa shape index (κ1) is 12.1. The second-order valence-corrected chi connectivity index (χ2v) is 4.12. The van der Waals surface area contributed by atoms with Crippen molar-refractivity contribution in [1.82, 2.24) is 4.90 Å². The van der Waals surface area contributed by atoms with Gasteiger partial charge in [-0.1, -0.05) is 0 Å². The minimum atomic E-state index is -2.92. The highest BCUT2D eigenvalue weighted by Crippen LogP contribution is 2.37. The number of carbonyl (C=O) groups is 2. The van der Waals surface area contributed by atoms with Gasteiger partial charge in [-0.2, -0.15) is 0 Å². The molecule has 1 amide bonds. The van der Waals surface area contributed by atoms with Gasteiger partial charge in [0.15, 0.2) is 5.78 Å². The Morgan fingerprint density at radius 2 is 1.87 bits per heavy atom. The molecule has 0 saturated carbocycles. The molecule has 2 atom stereocenters. The van der Waals surface area contributed by atoms with Crippen LogP contribution in [0.25, 0.3) is 0 Å². The number of alkyl halides is 2. The minimum absolute atomic E-state index is 0.188. The molecule has 86 valence electrons. The second kappa shape index (κ2) is 3.87. The van der Waals surface area contributed by atoms with Crippen molar-refractivity contribution in [2.75, 3.05) is 6.54 Å². The van der Waals surface area contributed by atoms with Gasteiger partial charge in [0.2, 0.25) is 5.91 Å². The number of nitrogens with zero attached hydrogens (tertiary/aromatic N) is 1. The molecule has 1 heterocycles. The van der Waals surface area contributed by atoms with E-state index in [1.165, 1.54) is 18.7 Å². The van der Waals surface area contributed by atoms with Crippen LogP contribution in [0.4, 0.5) is 8.78 Å². The highest BCUT2D eigenvalue weighted by atomic mass is 19.3. The summed E-state index contributed by atoms with van der Waals surface area (Å²) in [6.07, 6.45) is 0.188. The van der Waals surface area contributed by atoms with Crippen molar-refractivity contribution in [3.63, 3.8) is 0 Å². The third kappa shape index (κ3) is 2.33. The van der Waals surface area contributed by atoms with Crippen molar-refractivity contribution in [2.24, 2.45) is 5.92 Å². The summed E-state index contributed by atoms with van der Waals surface area (Å²) >= 11 is 0. The Hall–Kier alpha value is -1.00. The van der Waals surface area contributed by atoms with Gasteiger partial charge in [0.1, 0.15) is 0 Å². The summed E-state index contributed by atoms with van der Waals surface area (Å²) in [5.74, 6) is -4.64. The number of ketones is 1. The fourth-order valence-electron chi connectivity index (χ4n) is 2.18. The van der Waals surface area contributed by atoms with E-state index in [9.17, 15) is 18.4 Å². The van der Waals surface area contributed by atoms with Crippen molar-refractivity contribution in [3.05, 3.63) is 0 Å². The fourth-order valence-corrected chi connectivity index (χ4v) is 2.18. The van der Waals surface area contributed by atoms with E-state index in [0.717, 1.165) is 6.92 Å². The van der Waals surface area contributed by atoms with Crippen molar-refractivity contribution >= 4 is 11.7 Å². The molecule has 0 aliphatic carbocycles. The van der Waals surface area contributed by atoms with Crippen LogP contribution in [-0.2, 0) is 9.59 Å². The lowest BCUT2D eigenvalue weighted by molar-refractivity contribution is -0.139. The van der Waals surface area contributed by atoms with Gasteiger partial charge >= 0.3 is 0 Å². The first-order chi connectivity index (χ1) is 6.75. The largest absolute Gasteiger partial charge is 0.332 e. The zero-order chi connectivity index (χ0) is 11.8. The molecule has 1 saturated heterocycles. The zero-order valence-corrected chi connectivity index (χ0v) is 9.09. The lowest BCUT2D eigenvalue weighted by Crippen LogP contribution is -2.45. The lowest BCUT2D eigenvalue weighted by Gasteiger charge is -2.28. The summed E-state index contributed by atoms with van der Waals surface area (Å²) in [7, 11) is 0. The van der Waals surface area contributed by atoms with E-state index in [-0.39, 0.29) is 24.7 Å². The summed E-state index contributed by atoms with van der Waals surface area (Å²) in [5, 5.41) is 0. The Balaban J connectivity index is 2.95. The molecule has 0 unspecified atom stereocenters. The Morgan fingerprint density at radius 3 is 2.20 bits per heavy atom. The number of hydrogen-bond acceptors (Lipinski definition) is 2. The molecule has 0 aromatic heterocycles. The molecule has 1 fully saturated rings. The fraction of sp³-hybridized carbons (Fsp3) is 0.800. The number of carbonyl (C=O) groups excluding carboxylic acids is 2. The highest BCUT2D eigenvalue weighted by Gasteiger charge is 2.49. The van der Waals surface area contributed by atoms with Gasteiger partial charge in [-0.3, -0.25) is 9.59 Å². The Bertz CT molecular complexity index is 286. The molecule has 1 aliphatic rings. The molecule has 15 heavy (non-hydrogen) atoms. The van der Waals surface area contributed by atoms with Gasteiger partial charge in [-0.25, -0.2) is 8.78 Å². The van der Waals surface area contributed by atoms with Gasteiger partial charge in [-0.15, -0.1) is 0 Å². The summed E-state index contributed by atoms with van der Waals surface area (Å²) in [6, 6.07) is -0.956. The van der Waals surface area contributed by atoms with Crippen molar-refractivity contribution in [3.8, 4) is 0 Å². The van der Waals surface area contributed by atoms with Crippen LogP contribution < -0.4 is 0 Å². The SMILES string of the molecule is CC(=O)[C@@H]1[C@@H](C(C)(F)F)CCN1C(C)=O. The second-order valence-electron chi connectivity index (χ2n) is 4.12. The van der Waals surface area contributed by atoms with Crippen LogP contribution in [0.15, 0.2) is 0 Å². The Kier molecular flexibility index (Phi) is 3.11. The average Bonchev–Trinajstić information content (AvgIpc) is 2.45. The molecule has 1 rings (SSSR count). The van der Waals surface area contributed by atoms with Crippen molar-refractivity contribution in [1.29, 1.82) is 0 Å². The molecule has 0 spiro atoms. The quantitative estimate of drug-likeness (QED) is 0.705. The van der Waals surface area contributed by atoms with E-state index in [0.29, 0.717) is 0 Å². The average molecular weight is 219 g/mol. The van der Waals surface area contributed by atoms with E-state index in [1.54, 1.807) is 0 Å². The smallest absolute Gasteiger partial charge is 0.250 e. The standard InChI is InChI=1S/C10H15F2NO2/c1-6(14)9-8(10(3,11)12)4-5-13(9)7(2)15/h8-9H,4-5H2,1-3H3/t8-,9+/m0/s1. The predicted octanol–water partition coefficient (Wildman–Crippen LogP) is 1.47. The first-order valence-electron chi connectivity index (χ1n) is 4.90. The van der Waals surface area contributed by atoms with Gasteiger partial charge in [0.05, 0.1) is 12.0 Å². The maximum atomic E-state index is 13.2. The van der Waals surface area contributed by atoms with E-state index in [4.69, 9.17) is 0 Å². The molecular weight excluding hydrogens is 204 g/mol.